The molecular weight excluding hydrogens is 300 g/mol. The smallest absolute Gasteiger partial charge is 0.0554 e. The Kier molecular flexibility index (Phi) is 2.75. The quantitative estimate of drug-likeness (QED) is 0.404. The van der Waals surface area contributed by atoms with Gasteiger partial charge in [0.1, 0.15) is 0 Å². The highest BCUT2D eigenvalue weighted by Crippen LogP contribution is 2.52. The topological polar surface area (TPSA) is 156 Å². The number of fused-ring (bicyclic) bond motifs is 6. The Balaban J connectivity index is 2.07. The molecule has 6 nitrogen and oxygen atoms in total. The average molecular weight is 320 g/mol. The minimum Gasteiger partial charge on any atom is -0.397 e. The van der Waals surface area contributed by atoms with E-state index in [2.05, 4.69) is 0 Å². The lowest BCUT2D eigenvalue weighted by Gasteiger charge is -2.36. The van der Waals surface area contributed by atoms with Gasteiger partial charge in [0.15, 0.2) is 0 Å². The summed E-state index contributed by atoms with van der Waals surface area (Å²) in [5, 5.41) is 0. The third-order valence-electron chi connectivity index (χ3n) is 4.96. The third-order valence-corrected chi connectivity index (χ3v) is 4.96. The van der Waals surface area contributed by atoms with E-state index in [-0.39, 0.29) is 11.8 Å². The molecule has 0 radical (unpaired) electrons. The lowest BCUT2D eigenvalue weighted by atomic mass is 9.69. The molecule has 0 saturated heterocycles. The number of allylic oxidation sites excluding steroid dienone is 2. The van der Waals surface area contributed by atoms with Crippen molar-refractivity contribution in [2.45, 2.75) is 11.8 Å². The van der Waals surface area contributed by atoms with Gasteiger partial charge in [-0.05, 0) is 46.5 Å². The molecule has 0 aliphatic heterocycles. The molecule has 0 heterocycles. The van der Waals surface area contributed by atoms with Crippen LogP contribution in [0.5, 0.6) is 0 Å². The fraction of sp³-hybridized carbons (Fsp3) is 0.111. The van der Waals surface area contributed by atoms with Crippen molar-refractivity contribution < 1.29 is 0 Å². The molecule has 24 heavy (non-hydrogen) atoms. The molecule has 0 fully saturated rings. The van der Waals surface area contributed by atoms with Gasteiger partial charge >= 0.3 is 0 Å². The summed E-state index contributed by atoms with van der Waals surface area (Å²) in [6.45, 7) is 0. The molecule has 2 aliphatic carbocycles. The Labute approximate surface area is 139 Å². The number of hydrogen-bond donors (Lipinski definition) is 6. The van der Waals surface area contributed by atoms with Crippen molar-refractivity contribution in [2.24, 2.45) is 11.5 Å². The van der Waals surface area contributed by atoms with Crippen molar-refractivity contribution in [3.05, 3.63) is 58.9 Å². The van der Waals surface area contributed by atoms with Gasteiger partial charge < -0.3 is 34.4 Å². The van der Waals surface area contributed by atoms with Gasteiger partial charge in [-0.25, -0.2) is 0 Å². The fourth-order valence-electron chi connectivity index (χ4n) is 3.67. The second-order valence-electron chi connectivity index (χ2n) is 6.43. The zero-order valence-electron chi connectivity index (χ0n) is 13.1. The summed E-state index contributed by atoms with van der Waals surface area (Å²) < 4.78 is 0. The predicted molar refractivity (Wildman–Crippen MR) is 99.6 cm³/mol. The van der Waals surface area contributed by atoms with E-state index in [0.717, 1.165) is 22.3 Å². The highest BCUT2D eigenvalue weighted by atomic mass is 14.7. The van der Waals surface area contributed by atoms with Crippen molar-refractivity contribution in [3.8, 4) is 11.1 Å². The number of anilines is 4. The highest BCUT2D eigenvalue weighted by Gasteiger charge is 2.35. The first-order chi connectivity index (χ1) is 11.4. The molecule has 2 aliphatic rings. The van der Waals surface area contributed by atoms with Crippen molar-refractivity contribution in [1.29, 1.82) is 0 Å². The predicted octanol–water partition coefficient (Wildman–Crippen LogP) is 1.56. The second-order valence-corrected chi connectivity index (χ2v) is 6.43. The minimum atomic E-state index is 0.0331. The van der Waals surface area contributed by atoms with E-state index in [1.165, 1.54) is 0 Å². The lowest BCUT2D eigenvalue weighted by Crippen LogP contribution is -2.24. The van der Waals surface area contributed by atoms with Crippen LogP contribution in [0.4, 0.5) is 22.7 Å². The van der Waals surface area contributed by atoms with Gasteiger partial charge in [0, 0.05) is 11.8 Å². The van der Waals surface area contributed by atoms with Gasteiger partial charge in [0.05, 0.1) is 34.1 Å². The van der Waals surface area contributed by atoms with Crippen LogP contribution in [0, 0.1) is 0 Å². The van der Waals surface area contributed by atoms with Crippen LogP contribution in [0.1, 0.15) is 23.0 Å². The Morgan fingerprint density at radius 3 is 1.21 bits per heavy atom. The maximum Gasteiger partial charge on any atom is 0.0554 e. The zero-order chi connectivity index (χ0) is 17.2. The summed E-state index contributed by atoms with van der Waals surface area (Å²) in [5.41, 5.74) is 43.7. The van der Waals surface area contributed by atoms with Crippen LogP contribution in [0.25, 0.3) is 11.1 Å². The van der Waals surface area contributed by atoms with E-state index in [1.807, 2.05) is 36.4 Å². The number of nitrogens with two attached hydrogens (primary N) is 6. The molecule has 2 unspecified atom stereocenters. The van der Waals surface area contributed by atoms with Crippen molar-refractivity contribution in [1.82, 2.24) is 0 Å². The van der Waals surface area contributed by atoms with Crippen LogP contribution in [0.2, 0.25) is 0 Å². The Morgan fingerprint density at radius 2 is 0.833 bits per heavy atom. The summed E-state index contributed by atoms with van der Waals surface area (Å²) in [4.78, 5) is 0. The molecule has 2 atom stereocenters. The monoisotopic (exact) mass is 320 g/mol. The Hall–Kier alpha value is -3.28. The average Bonchev–Trinajstić information content (AvgIpc) is 2.53. The molecule has 2 aromatic rings. The molecule has 12 N–H and O–H groups in total. The Bertz CT molecular complexity index is 864. The van der Waals surface area contributed by atoms with Gasteiger partial charge in [-0.1, -0.05) is 12.2 Å². The summed E-state index contributed by atoms with van der Waals surface area (Å²) in [5.74, 6) is 0.0662. The first-order valence-electron chi connectivity index (χ1n) is 7.70. The van der Waals surface area contributed by atoms with Gasteiger partial charge in [-0.2, -0.15) is 0 Å². The molecular formula is C18H20N6. The fourth-order valence-corrected chi connectivity index (χ4v) is 3.67. The number of rotatable bonds is 0. The largest absolute Gasteiger partial charge is 0.397 e. The lowest BCUT2D eigenvalue weighted by molar-refractivity contribution is 0.704. The standard InChI is InChI=1S/C18H20N6/c19-13-1-7-8(2-14(13)20)10-4-17(23)18(24)6-12(10)11-5-16(22)15(21)3-9(7)11/h1-8H,19-24H2. The van der Waals surface area contributed by atoms with E-state index >= 15 is 0 Å². The van der Waals surface area contributed by atoms with E-state index in [9.17, 15) is 0 Å². The van der Waals surface area contributed by atoms with Crippen LogP contribution in [-0.2, 0) is 0 Å². The summed E-state index contributed by atoms with van der Waals surface area (Å²) in [6.07, 6.45) is 3.95. The van der Waals surface area contributed by atoms with Crippen molar-refractivity contribution in [3.63, 3.8) is 0 Å². The van der Waals surface area contributed by atoms with Crippen LogP contribution >= 0.6 is 0 Å². The zero-order valence-corrected chi connectivity index (χ0v) is 13.1. The third kappa shape index (κ3) is 1.83. The maximum atomic E-state index is 6.05. The highest BCUT2D eigenvalue weighted by molar-refractivity contribution is 5.87. The molecule has 0 amide bonds. The number of nitrogen functional groups attached to an aromatic ring is 4. The van der Waals surface area contributed by atoms with Gasteiger partial charge in [-0.3, -0.25) is 0 Å². The number of hydrogen-bond acceptors (Lipinski definition) is 6. The second kappa shape index (κ2) is 4.61. The first kappa shape index (κ1) is 14.3. The molecule has 0 spiro atoms. The molecule has 0 bridgehead atoms. The van der Waals surface area contributed by atoms with Crippen molar-refractivity contribution in [2.75, 3.05) is 22.9 Å². The normalized spacial score (nSPS) is 21.2. The minimum absolute atomic E-state index is 0.0331. The number of benzene rings is 2. The van der Waals surface area contributed by atoms with E-state index in [4.69, 9.17) is 34.4 Å². The molecule has 6 heteroatoms. The molecule has 4 rings (SSSR count). The van der Waals surface area contributed by atoms with Crippen LogP contribution in [0.15, 0.2) is 47.8 Å². The molecule has 0 saturated carbocycles. The van der Waals surface area contributed by atoms with E-state index in [1.54, 1.807) is 0 Å². The van der Waals surface area contributed by atoms with Crippen LogP contribution in [0.3, 0.4) is 0 Å². The van der Waals surface area contributed by atoms with Crippen LogP contribution in [-0.4, -0.2) is 0 Å². The maximum absolute atomic E-state index is 6.05. The van der Waals surface area contributed by atoms with Gasteiger partial charge in [0.25, 0.3) is 0 Å². The van der Waals surface area contributed by atoms with E-state index in [0.29, 0.717) is 34.1 Å². The molecule has 122 valence electrons. The van der Waals surface area contributed by atoms with E-state index < -0.39 is 0 Å². The van der Waals surface area contributed by atoms with Crippen LogP contribution < -0.4 is 34.4 Å². The SMILES string of the molecule is NC1=CC2c3cc(N)c(N)cc3-c3cc(N)c(N)cc3C2C=C1N. The van der Waals surface area contributed by atoms with Crippen molar-refractivity contribution >= 4 is 22.7 Å². The van der Waals surface area contributed by atoms with Gasteiger partial charge in [0.2, 0.25) is 0 Å². The first-order valence-corrected chi connectivity index (χ1v) is 7.70. The summed E-state index contributed by atoms with van der Waals surface area (Å²) in [6, 6.07) is 7.61. The molecule has 0 aromatic heterocycles. The molecule has 2 aromatic carbocycles. The summed E-state index contributed by atoms with van der Waals surface area (Å²) in [7, 11) is 0. The van der Waals surface area contributed by atoms with Gasteiger partial charge in [-0.15, -0.1) is 0 Å². The summed E-state index contributed by atoms with van der Waals surface area (Å²) >= 11 is 0. The Morgan fingerprint density at radius 1 is 0.500 bits per heavy atom.